The standard InChI is InChI=1S/C12H20N4O2/c1-8-9(11(18)16-15-8)7-10(17)14-12(2)3-5-13-6-4-12/h13H,3-7H2,1-2H3,(H,14,17)(H2,15,16,18). The number of carbonyl (C=O) groups is 1. The van der Waals surface area contributed by atoms with E-state index in [2.05, 4.69) is 27.8 Å². The van der Waals surface area contributed by atoms with Gasteiger partial charge in [-0.1, -0.05) is 0 Å². The number of amides is 1. The largest absolute Gasteiger partial charge is 0.351 e. The maximum atomic E-state index is 12.0. The lowest BCUT2D eigenvalue weighted by molar-refractivity contribution is -0.122. The van der Waals surface area contributed by atoms with Gasteiger partial charge in [0.25, 0.3) is 5.56 Å². The molecule has 0 unspecified atom stereocenters. The minimum Gasteiger partial charge on any atom is -0.351 e. The van der Waals surface area contributed by atoms with Crippen LogP contribution in [0.2, 0.25) is 0 Å². The number of aromatic nitrogens is 2. The summed E-state index contributed by atoms with van der Waals surface area (Å²) in [4.78, 5) is 23.5. The first-order chi connectivity index (χ1) is 8.50. The van der Waals surface area contributed by atoms with Crippen molar-refractivity contribution in [1.82, 2.24) is 20.8 Å². The Labute approximate surface area is 106 Å². The number of nitrogens with one attached hydrogen (secondary N) is 4. The fraction of sp³-hybridized carbons (Fsp3) is 0.667. The van der Waals surface area contributed by atoms with Gasteiger partial charge in [-0.3, -0.25) is 14.7 Å². The third-order valence-electron chi connectivity index (χ3n) is 3.58. The van der Waals surface area contributed by atoms with E-state index in [1.165, 1.54) is 0 Å². The zero-order valence-electron chi connectivity index (χ0n) is 10.9. The molecule has 1 aromatic heterocycles. The smallest absolute Gasteiger partial charge is 0.267 e. The summed E-state index contributed by atoms with van der Waals surface area (Å²) in [6.07, 6.45) is 1.97. The molecule has 0 aliphatic carbocycles. The SMILES string of the molecule is Cc1[nH][nH]c(=O)c1CC(=O)NC1(C)CCNCC1. The first-order valence-electron chi connectivity index (χ1n) is 6.28. The molecule has 0 bridgehead atoms. The lowest BCUT2D eigenvalue weighted by Crippen LogP contribution is -2.52. The van der Waals surface area contributed by atoms with Crippen molar-refractivity contribution in [2.75, 3.05) is 13.1 Å². The van der Waals surface area contributed by atoms with Crippen molar-refractivity contribution in [3.8, 4) is 0 Å². The average molecular weight is 252 g/mol. The molecule has 2 rings (SSSR count). The molecule has 18 heavy (non-hydrogen) atoms. The molecule has 0 saturated carbocycles. The molecular weight excluding hydrogens is 232 g/mol. The van der Waals surface area contributed by atoms with E-state index in [9.17, 15) is 9.59 Å². The molecule has 1 aliphatic heterocycles. The fourth-order valence-electron chi connectivity index (χ4n) is 2.33. The topological polar surface area (TPSA) is 89.8 Å². The molecule has 0 atom stereocenters. The van der Waals surface area contributed by atoms with Crippen LogP contribution in [0.4, 0.5) is 0 Å². The van der Waals surface area contributed by atoms with E-state index in [1.807, 2.05) is 0 Å². The van der Waals surface area contributed by atoms with Crippen LogP contribution in [-0.2, 0) is 11.2 Å². The van der Waals surface area contributed by atoms with Crippen LogP contribution in [0.5, 0.6) is 0 Å². The third-order valence-corrected chi connectivity index (χ3v) is 3.58. The van der Waals surface area contributed by atoms with Gasteiger partial charge in [-0.15, -0.1) is 0 Å². The number of H-pyrrole nitrogens is 2. The first kappa shape index (κ1) is 12.9. The molecule has 0 aromatic carbocycles. The Balaban J connectivity index is 1.98. The number of aryl methyl sites for hydroxylation is 1. The summed E-state index contributed by atoms with van der Waals surface area (Å²) in [6.45, 7) is 5.67. The van der Waals surface area contributed by atoms with Gasteiger partial charge in [-0.05, 0) is 39.8 Å². The van der Waals surface area contributed by atoms with Gasteiger partial charge in [-0.25, -0.2) is 0 Å². The summed E-state index contributed by atoms with van der Waals surface area (Å²) in [5.41, 5.74) is 0.882. The molecule has 1 fully saturated rings. The Morgan fingerprint density at radius 3 is 2.56 bits per heavy atom. The number of piperidine rings is 1. The van der Waals surface area contributed by atoms with Crippen molar-refractivity contribution < 1.29 is 4.79 Å². The van der Waals surface area contributed by atoms with Gasteiger partial charge in [0.15, 0.2) is 0 Å². The van der Waals surface area contributed by atoms with Gasteiger partial charge in [-0.2, -0.15) is 0 Å². The second-order valence-corrected chi connectivity index (χ2v) is 5.22. The summed E-state index contributed by atoms with van der Waals surface area (Å²) in [7, 11) is 0. The highest BCUT2D eigenvalue weighted by Crippen LogP contribution is 2.17. The number of rotatable bonds is 3. The highest BCUT2D eigenvalue weighted by Gasteiger charge is 2.28. The Hall–Kier alpha value is -1.56. The van der Waals surface area contributed by atoms with Gasteiger partial charge >= 0.3 is 0 Å². The van der Waals surface area contributed by atoms with Crippen LogP contribution >= 0.6 is 0 Å². The number of carbonyl (C=O) groups excluding carboxylic acids is 1. The van der Waals surface area contributed by atoms with Crippen LogP contribution in [0.3, 0.4) is 0 Å². The molecule has 4 N–H and O–H groups in total. The predicted octanol–water partition coefficient (Wildman–Crippen LogP) is -0.188. The quantitative estimate of drug-likeness (QED) is 0.601. The molecule has 6 nitrogen and oxygen atoms in total. The summed E-state index contributed by atoms with van der Waals surface area (Å²) in [5, 5.41) is 11.5. The zero-order chi connectivity index (χ0) is 13.2. The second-order valence-electron chi connectivity index (χ2n) is 5.22. The summed E-state index contributed by atoms with van der Waals surface area (Å²) < 4.78 is 0. The van der Waals surface area contributed by atoms with Crippen molar-refractivity contribution in [3.63, 3.8) is 0 Å². The maximum absolute atomic E-state index is 12.0. The maximum Gasteiger partial charge on any atom is 0.267 e. The van der Waals surface area contributed by atoms with E-state index in [0.717, 1.165) is 31.6 Å². The van der Waals surface area contributed by atoms with E-state index in [0.29, 0.717) is 5.56 Å². The molecule has 100 valence electrons. The molecule has 6 heteroatoms. The average Bonchev–Trinajstić information content (AvgIpc) is 2.61. The minimum absolute atomic E-state index is 0.0902. The molecule has 0 spiro atoms. The molecular formula is C12H20N4O2. The van der Waals surface area contributed by atoms with Gasteiger partial charge < -0.3 is 15.7 Å². The van der Waals surface area contributed by atoms with Crippen LogP contribution < -0.4 is 16.2 Å². The van der Waals surface area contributed by atoms with Gasteiger partial charge in [0.1, 0.15) is 0 Å². The first-order valence-corrected chi connectivity index (χ1v) is 6.28. The highest BCUT2D eigenvalue weighted by molar-refractivity contribution is 5.79. The zero-order valence-corrected chi connectivity index (χ0v) is 10.9. The fourth-order valence-corrected chi connectivity index (χ4v) is 2.33. The normalized spacial score (nSPS) is 18.6. The predicted molar refractivity (Wildman–Crippen MR) is 68.5 cm³/mol. The number of aromatic amines is 2. The molecule has 2 heterocycles. The van der Waals surface area contributed by atoms with E-state index in [1.54, 1.807) is 6.92 Å². The van der Waals surface area contributed by atoms with E-state index < -0.39 is 0 Å². The molecule has 1 saturated heterocycles. The summed E-state index contributed by atoms with van der Waals surface area (Å²) in [5.74, 6) is -0.0902. The Morgan fingerprint density at radius 2 is 2.00 bits per heavy atom. The summed E-state index contributed by atoms with van der Waals surface area (Å²) >= 11 is 0. The van der Waals surface area contributed by atoms with E-state index in [4.69, 9.17) is 0 Å². The second kappa shape index (κ2) is 4.97. The van der Waals surface area contributed by atoms with Crippen LogP contribution in [0.1, 0.15) is 31.0 Å². The Morgan fingerprint density at radius 1 is 1.33 bits per heavy atom. The Kier molecular flexibility index (Phi) is 3.56. The molecule has 1 amide bonds. The minimum atomic E-state index is -0.210. The monoisotopic (exact) mass is 252 g/mol. The van der Waals surface area contributed by atoms with Crippen molar-refractivity contribution in [2.24, 2.45) is 0 Å². The van der Waals surface area contributed by atoms with Crippen molar-refractivity contribution in [1.29, 1.82) is 0 Å². The van der Waals surface area contributed by atoms with E-state index >= 15 is 0 Å². The van der Waals surface area contributed by atoms with Crippen LogP contribution in [0.15, 0.2) is 4.79 Å². The van der Waals surface area contributed by atoms with Gasteiger partial charge in [0.05, 0.1) is 6.42 Å². The molecule has 1 aliphatic rings. The third kappa shape index (κ3) is 2.81. The van der Waals surface area contributed by atoms with Crippen molar-refractivity contribution in [3.05, 3.63) is 21.6 Å². The molecule has 0 radical (unpaired) electrons. The lowest BCUT2D eigenvalue weighted by atomic mass is 9.90. The Bertz CT molecular complexity index is 483. The number of hydrogen-bond acceptors (Lipinski definition) is 3. The van der Waals surface area contributed by atoms with Crippen LogP contribution in [0, 0.1) is 6.92 Å². The van der Waals surface area contributed by atoms with Crippen molar-refractivity contribution >= 4 is 5.91 Å². The highest BCUT2D eigenvalue weighted by atomic mass is 16.2. The lowest BCUT2D eigenvalue weighted by Gasteiger charge is -2.35. The van der Waals surface area contributed by atoms with E-state index in [-0.39, 0.29) is 23.4 Å². The van der Waals surface area contributed by atoms with Crippen LogP contribution in [-0.4, -0.2) is 34.7 Å². The van der Waals surface area contributed by atoms with Crippen molar-refractivity contribution in [2.45, 2.75) is 38.6 Å². The summed E-state index contributed by atoms with van der Waals surface area (Å²) in [6, 6.07) is 0. The molecule has 1 aromatic rings. The number of hydrogen-bond donors (Lipinski definition) is 4. The van der Waals surface area contributed by atoms with Crippen LogP contribution in [0.25, 0.3) is 0 Å². The van der Waals surface area contributed by atoms with Gasteiger partial charge in [0.2, 0.25) is 5.91 Å². The van der Waals surface area contributed by atoms with Gasteiger partial charge in [0, 0.05) is 16.8 Å².